The average molecular weight is 393 g/mol. The summed E-state index contributed by atoms with van der Waals surface area (Å²) in [5.74, 6) is 1.68. The van der Waals surface area contributed by atoms with Gasteiger partial charge in [0, 0.05) is 50.9 Å². The first-order chi connectivity index (χ1) is 14.0. The molecule has 29 heavy (non-hydrogen) atoms. The Kier molecular flexibility index (Phi) is 5.49. The molecule has 3 aromatic rings. The third kappa shape index (κ3) is 4.40. The summed E-state index contributed by atoms with van der Waals surface area (Å²) in [7, 11) is 2.12. The number of hydrogen-bond donors (Lipinski definition) is 2. The number of carbonyl (C=O) groups is 1. The van der Waals surface area contributed by atoms with Gasteiger partial charge in [0.05, 0.1) is 11.0 Å². The van der Waals surface area contributed by atoms with Gasteiger partial charge in [-0.25, -0.2) is 9.97 Å². The van der Waals surface area contributed by atoms with Crippen molar-refractivity contribution in [1.82, 2.24) is 25.2 Å². The molecular formula is C22H28N6O. The molecule has 1 aromatic carbocycles. The third-order valence-electron chi connectivity index (χ3n) is 5.63. The van der Waals surface area contributed by atoms with Crippen LogP contribution >= 0.6 is 0 Å². The largest absolute Gasteiger partial charge is 0.354 e. The molecule has 152 valence electrons. The van der Waals surface area contributed by atoms with Gasteiger partial charge in [0.1, 0.15) is 11.6 Å². The lowest BCUT2D eigenvalue weighted by Gasteiger charge is -2.33. The van der Waals surface area contributed by atoms with E-state index in [0.29, 0.717) is 18.5 Å². The predicted octanol–water partition coefficient (Wildman–Crippen LogP) is 2.30. The SMILES string of the molecule is Cc1cc2nc(CCNC(=O)c3ccnc(N4CCN(C)CC4)c3)[nH]c2cc1C. The Balaban J connectivity index is 1.36. The predicted molar refractivity (Wildman–Crippen MR) is 116 cm³/mol. The molecule has 0 atom stereocenters. The van der Waals surface area contributed by atoms with Crippen molar-refractivity contribution < 1.29 is 4.79 Å². The number of piperazine rings is 1. The summed E-state index contributed by atoms with van der Waals surface area (Å²) in [6, 6.07) is 7.87. The number of imidazole rings is 1. The highest BCUT2D eigenvalue weighted by molar-refractivity contribution is 5.94. The number of carbonyl (C=O) groups excluding carboxylic acids is 1. The fraction of sp³-hybridized carbons (Fsp3) is 0.409. The highest BCUT2D eigenvalue weighted by atomic mass is 16.1. The molecule has 1 fully saturated rings. The van der Waals surface area contributed by atoms with E-state index >= 15 is 0 Å². The molecule has 7 nitrogen and oxygen atoms in total. The van der Waals surface area contributed by atoms with Crippen LogP contribution in [0.1, 0.15) is 27.3 Å². The number of likely N-dealkylation sites (N-methyl/N-ethyl adjacent to an activating group) is 1. The Morgan fingerprint density at radius 3 is 2.69 bits per heavy atom. The second-order valence-electron chi connectivity index (χ2n) is 7.84. The molecule has 2 N–H and O–H groups in total. The number of H-pyrrole nitrogens is 1. The first kappa shape index (κ1) is 19.4. The zero-order chi connectivity index (χ0) is 20.4. The summed E-state index contributed by atoms with van der Waals surface area (Å²) in [4.78, 5) is 29.6. The van der Waals surface area contributed by atoms with Gasteiger partial charge < -0.3 is 20.1 Å². The van der Waals surface area contributed by atoms with Crippen molar-refractivity contribution in [1.29, 1.82) is 0 Å². The van der Waals surface area contributed by atoms with Crippen LogP contribution in [-0.4, -0.2) is 65.5 Å². The lowest BCUT2D eigenvalue weighted by molar-refractivity contribution is 0.0954. The minimum absolute atomic E-state index is 0.0782. The van der Waals surface area contributed by atoms with Gasteiger partial charge in [-0.2, -0.15) is 0 Å². The number of rotatable bonds is 5. The second kappa shape index (κ2) is 8.21. The molecule has 1 aliphatic rings. The Bertz CT molecular complexity index is 980. The van der Waals surface area contributed by atoms with E-state index in [-0.39, 0.29) is 5.91 Å². The Hall–Kier alpha value is -2.93. The summed E-state index contributed by atoms with van der Waals surface area (Å²) in [5, 5.41) is 3.00. The van der Waals surface area contributed by atoms with Gasteiger partial charge in [0.25, 0.3) is 5.91 Å². The Labute approximate surface area is 171 Å². The lowest BCUT2D eigenvalue weighted by Crippen LogP contribution is -2.44. The molecule has 0 radical (unpaired) electrons. The Morgan fingerprint density at radius 1 is 1.14 bits per heavy atom. The quantitative estimate of drug-likeness (QED) is 0.697. The maximum atomic E-state index is 12.6. The molecule has 7 heteroatoms. The van der Waals surface area contributed by atoms with Crippen molar-refractivity contribution in [2.75, 3.05) is 44.7 Å². The average Bonchev–Trinajstić information content (AvgIpc) is 3.10. The second-order valence-corrected chi connectivity index (χ2v) is 7.84. The summed E-state index contributed by atoms with van der Waals surface area (Å²) < 4.78 is 0. The lowest BCUT2D eigenvalue weighted by atomic mass is 10.1. The fourth-order valence-electron chi connectivity index (χ4n) is 3.61. The molecule has 1 saturated heterocycles. The maximum Gasteiger partial charge on any atom is 0.251 e. The zero-order valence-electron chi connectivity index (χ0n) is 17.3. The van der Waals surface area contributed by atoms with Crippen molar-refractivity contribution in [3.63, 3.8) is 0 Å². The van der Waals surface area contributed by atoms with Gasteiger partial charge in [-0.3, -0.25) is 4.79 Å². The van der Waals surface area contributed by atoms with Crippen LogP contribution in [0, 0.1) is 13.8 Å². The number of aromatic nitrogens is 3. The number of nitrogens with one attached hydrogen (secondary N) is 2. The van der Waals surface area contributed by atoms with E-state index in [1.165, 1.54) is 11.1 Å². The van der Waals surface area contributed by atoms with Gasteiger partial charge in [-0.15, -0.1) is 0 Å². The smallest absolute Gasteiger partial charge is 0.251 e. The van der Waals surface area contributed by atoms with Gasteiger partial charge >= 0.3 is 0 Å². The summed E-state index contributed by atoms with van der Waals surface area (Å²) >= 11 is 0. The summed E-state index contributed by atoms with van der Waals surface area (Å²) in [6.07, 6.45) is 2.38. The van der Waals surface area contributed by atoms with Crippen LogP contribution in [0.5, 0.6) is 0 Å². The first-order valence-corrected chi connectivity index (χ1v) is 10.1. The number of fused-ring (bicyclic) bond motifs is 1. The number of benzene rings is 1. The highest BCUT2D eigenvalue weighted by Crippen LogP contribution is 2.18. The van der Waals surface area contributed by atoms with Crippen molar-refractivity contribution >= 4 is 22.8 Å². The van der Waals surface area contributed by atoms with Crippen LogP contribution in [0.25, 0.3) is 11.0 Å². The molecular weight excluding hydrogens is 364 g/mol. The minimum Gasteiger partial charge on any atom is -0.354 e. The van der Waals surface area contributed by atoms with Crippen molar-refractivity contribution in [2.24, 2.45) is 0 Å². The van der Waals surface area contributed by atoms with E-state index in [1.807, 2.05) is 6.07 Å². The van der Waals surface area contributed by atoms with E-state index in [0.717, 1.165) is 48.9 Å². The van der Waals surface area contributed by atoms with Crippen LogP contribution in [0.2, 0.25) is 0 Å². The first-order valence-electron chi connectivity index (χ1n) is 10.1. The topological polar surface area (TPSA) is 77.2 Å². The molecule has 2 aromatic heterocycles. The van der Waals surface area contributed by atoms with Crippen LogP contribution in [-0.2, 0) is 6.42 Å². The molecule has 0 unspecified atom stereocenters. The van der Waals surface area contributed by atoms with Crippen LogP contribution in [0.4, 0.5) is 5.82 Å². The van der Waals surface area contributed by atoms with E-state index in [4.69, 9.17) is 0 Å². The van der Waals surface area contributed by atoms with E-state index in [9.17, 15) is 4.79 Å². The molecule has 0 aliphatic carbocycles. The van der Waals surface area contributed by atoms with Gasteiger partial charge in [0.15, 0.2) is 0 Å². The molecule has 4 rings (SSSR count). The maximum absolute atomic E-state index is 12.6. The highest BCUT2D eigenvalue weighted by Gasteiger charge is 2.16. The van der Waals surface area contributed by atoms with Crippen LogP contribution in [0.3, 0.4) is 0 Å². The number of nitrogens with zero attached hydrogens (tertiary/aromatic N) is 4. The summed E-state index contributed by atoms with van der Waals surface area (Å²) in [5.41, 5.74) is 5.14. The van der Waals surface area contributed by atoms with E-state index in [2.05, 4.69) is 63.1 Å². The molecule has 1 amide bonds. The van der Waals surface area contributed by atoms with Gasteiger partial charge in [-0.1, -0.05) is 0 Å². The number of aromatic amines is 1. The van der Waals surface area contributed by atoms with E-state index < -0.39 is 0 Å². The standard InChI is InChI=1S/C22H28N6O/c1-15-12-18-19(13-16(15)2)26-20(25-18)5-7-24-22(29)17-4-6-23-21(14-17)28-10-8-27(3)9-11-28/h4,6,12-14H,5,7-11H2,1-3H3,(H,24,29)(H,25,26). The van der Waals surface area contributed by atoms with Gasteiger partial charge in [-0.05, 0) is 56.3 Å². The van der Waals surface area contributed by atoms with Crippen molar-refractivity contribution in [3.8, 4) is 0 Å². The molecule has 1 aliphatic heterocycles. The Morgan fingerprint density at radius 2 is 1.90 bits per heavy atom. The third-order valence-corrected chi connectivity index (χ3v) is 5.63. The monoisotopic (exact) mass is 392 g/mol. The fourth-order valence-corrected chi connectivity index (χ4v) is 3.61. The van der Waals surface area contributed by atoms with Crippen molar-refractivity contribution in [2.45, 2.75) is 20.3 Å². The van der Waals surface area contributed by atoms with Gasteiger partial charge in [0.2, 0.25) is 0 Å². The number of amides is 1. The number of aryl methyl sites for hydroxylation is 2. The minimum atomic E-state index is -0.0782. The summed E-state index contributed by atoms with van der Waals surface area (Å²) in [6.45, 7) is 8.60. The zero-order valence-corrected chi connectivity index (χ0v) is 17.3. The molecule has 0 spiro atoms. The molecule has 0 saturated carbocycles. The normalized spacial score (nSPS) is 15.1. The number of anilines is 1. The van der Waals surface area contributed by atoms with Crippen LogP contribution in [0.15, 0.2) is 30.5 Å². The van der Waals surface area contributed by atoms with Crippen LogP contribution < -0.4 is 10.2 Å². The molecule has 3 heterocycles. The number of pyridine rings is 1. The van der Waals surface area contributed by atoms with Crippen molar-refractivity contribution in [3.05, 3.63) is 53.0 Å². The number of hydrogen-bond acceptors (Lipinski definition) is 5. The van der Waals surface area contributed by atoms with E-state index in [1.54, 1.807) is 12.3 Å². The molecule has 0 bridgehead atoms.